The van der Waals surface area contributed by atoms with E-state index in [1.165, 1.54) is 17.5 Å². The molecule has 0 aliphatic carbocycles. The van der Waals surface area contributed by atoms with E-state index in [9.17, 15) is 0 Å². The molecule has 0 radical (unpaired) electrons. The Balaban J connectivity index is 2.31. The van der Waals surface area contributed by atoms with Gasteiger partial charge in [0, 0.05) is 11.3 Å². The van der Waals surface area contributed by atoms with Crippen LogP contribution in [-0.4, -0.2) is 0 Å². The second kappa shape index (κ2) is 4.84. The number of nitrogens with two attached hydrogens (primary N) is 1. The maximum absolute atomic E-state index is 5.95. The van der Waals surface area contributed by atoms with Gasteiger partial charge in [0.25, 0.3) is 0 Å². The summed E-state index contributed by atoms with van der Waals surface area (Å²) in [6.07, 6.45) is 2.33. The average molecular weight is 211 g/mol. The molecule has 0 aliphatic rings. The molecule has 2 aromatic carbocycles. The predicted octanol–water partition coefficient (Wildman–Crippen LogP) is 3.89. The van der Waals surface area contributed by atoms with Crippen molar-refractivity contribution in [3.63, 3.8) is 0 Å². The summed E-state index contributed by atoms with van der Waals surface area (Å²) in [6, 6.07) is 16.7. The van der Waals surface area contributed by atoms with Crippen molar-refractivity contribution in [2.24, 2.45) is 0 Å². The Morgan fingerprint density at radius 1 is 0.938 bits per heavy atom. The highest BCUT2D eigenvalue weighted by Gasteiger charge is 2.00. The van der Waals surface area contributed by atoms with Gasteiger partial charge in [0.2, 0.25) is 0 Å². The van der Waals surface area contributed by atoms with Crippen LogP contribution in [0, 0.1) is 0 Å². The second-order valence-electron chi connectivity index (χ2n) is 4.03. The zero-order chi connectivity index (χ0) is 11.4. The van der Waals surface area contributed by atoms with Gasteiger partial charge < -0.3 is 5.73 Å². The minimum Gasteiger partial charge on any atom is -0.398 e. The van der Waals surface area contributed by atoms with Crippen molar-refractivity contribution in [1.82, 2.24) is 0 Å². The summed E-state index contributed by atoms with van der Waals surface area (Å²) in [6.45, 7) is 2.20. The number of nitrogen functional groups attached to an aromatic ring is 1. The molecule has 2 N–H and O–H groups in total. The molecule has 1 nitrogen and oxygen atoms in total. The quantitative estimate of drug-likeness (QED) is 0.766. The van der Waals surface area contributed by atoms with Crippen LogP contribution in [0.3, 0.4) is 0 Å². The van der Waals surface area contributed by atoms with Gasteiger partial charge >= 0.3 is 0 Å². The minimum atomic E-state index is 0.839. The highest BCUT2D eigenvalue weighted by Crippen LogP contribution is 2.25. The molecule has 16 heavy (non-hydrogen) atoms. The lowest BCUT2D eigenvalue weighted by Crippen LogP contribution is -1.89. The lowest BCUT2D eigenvalue weighted by atomic mass is 10.0. The first-order valence-corrected chi connectivity index (χ1v) is 5.75. The molecule has 0 saturated carbocycles. The molecule has 82 valence electrons. The maximum atomic E-state index is 5.95. The molecule has 0 heterocycles. The molecule has 0 fully saturated rings. The van der Waals surface area contributed by atoms with Gasteiger partial charge in [-0.15, -0.1) is 0 Å². The number of rotatable bonds is 3. The van der Waals surface area contributed by atoms with E-state index in [2.05, 4.69) is 37.3 Å². The van der Waals surface area contributed by atoms with E-state index in [0.717, 1.165) is 17.7 Å². The van der Waals surface area contributed by atoms with Gasteiger partial charge in [-0.05, 0) is 23.6 Å². The van der Waals surface area contributed by atoms with Crippen molar-refractivity contribution in [3.05, 3.63) is 54.1 Å². The molecule has 0 unspecified atom stereocenters. The maximum Gasteiger partial charge on any atom is 0.0393 e. The fourth-order valence-corrected chi connectivity index (χ4v) is 1.90. The molecule has 0 amide bonds. The molecular formula is C15H17N. The van der Waals surface area contributed by atoms with Gasteiger partial charge in [0.05, 0.1) is 0 Å². The van der Waals surface area contributed by atoms with Crippen molar-refractivity contribution in [3.8, 4) is 11.1 Å². The number of hydrogen-bond acceptors (Lipinski definition) is 1. The summed E-state index contributed by atoms with van der Waals surface area (Å²) in [5.41, 5.74) is 10.5. The monoisotopic (exact) mass is 211 g/mol. The zero-order valence-corrected chi connectivity index (χ0v) is 9.61. The third-order valence-corrected chi connectivity index (χ3v) is 2.76. The highest BCUT2D eigenvalue weighted by atomic mass is 14.6. The van der Waals surface area contributed by atoms with E-state index < -0.39 is 0 Å². The van der Waals surface area contributed by atoms with Crippen molar-refractivity contribution in [1.29, 1.82) is 0 Å². The molecular weight excluding hydrogens is 194 g/mol. The molecule has 2 rings (SSSR count). The van der Waals surface area contributed by atoms with E-state index in [-0.39, 0.29) is 0 Å². The second-order valence-corrected chi connectivity index (χ2v) is 4.03. The topological polar surface area (TPSA) is 26.0 Å². The lowest BCUT2D eigenvalue weighted by molar-refractivity contribution is 0.922. The summed E-state index contributed by atoms with van der Waals surface area (Å²) in [5.74, 6) is 0. The zero-order valence-electron chi connectivity index (χ0n) is 9.61. The molecule has 0 aliphatic heterocycles. The average Bonchev–Trinajstić information content (AvgIpc) is 2.31. The van der Waals surface area contributed by atoms with E-state index in [0.29, 0.717) is 0 Å². The van der Waals surface area contributed by atoms with Gasteiger partial charge in [-0.2, -0.15) is 0 Å². The first-order chi connectivity index (χ1) is 7.81. The Hall–Kier alpha value is -1.76. The van der Waals surface area contributed by atoms with E-state index >= 15 is 0 Å². The number of aryl methyl sites for hydroxylation is 1. The Bertz CT molecular complexity index is 457. The van der Waals surface area contributed by atoms with Crippen molar-refractivity contribution >= 4 is 5.69 Å². The summed E-state index contributed by atoms with van der Waals surface area (Å²) >= 11 is 0. The van der Waals surface area contributed by atoms with E-state index in [4.69, 9.17) is 5.73 Å². The van der Waals surface area contributed by atoms with Gasteiger partial charge in [-0.3, -0.25) is 0 Å². The van der Waals surface area contributed by atoms with Crippen LogP contribution < -0.4 is 5.73 Å². The Morgan fingerprint density at radius 3 is 2.25 bits per heavy atom. The Kier molecular flexibility index (Phi) is 3.25. The van der Waals surface area contributed by atoms with Crippen LogP contribution in [0.5, 0.6) is 0 Å². The SMILES string of the molecule is CCCc1ccc(-c2ccccc2N)cc1. The number of anilines is 1. The fraction of sp³-hybridized carbons (Fsp3) is 0.200. The smallest absolute Gasteiger partial charge is 0.0393 e. The van der Waals surface area contributed by atoms with Crippen LogP contribution >= 0.6 is 0 Å². The Morgan fingerprint density at radius 2 is 1.62 bits per heavy atom. The van der Waals surface area contributed by atoms with Crippen molar-refractivity contribution < 1.29 is 0 Å². The highest BCUT2D eigenvalue weighted by molar-refractivity contribution is 5.76. The third kappa shape index (κ3) is 2.25. The van der Waals surface area contributed by atoms with Crippen LogP contribution in [0.25, 0.3) is 11.1 Å². The van der Waals surface area contributed by atoms with Gasteiger partial charge in [0.15, 0.2) is 0 Å². The fourth-order valence-electron chi connectivity index (χ4n) is 1.90. The summed E-state index contributed by atoms with van der Waals surface area (Å²) in [4.78, 5) is 0. The molecule has 0 atom stereocenters. The van der Waals surface area contributed by atoms with Crippen LogP contribution in [0.4, 0.5) is 5.69 Å². The summed E-state index contributed by atoms with van der Waals surface area (Å²) < 4.78 is 0. The summed E-state index contributed by atoms with van der Waals surface area (Å²) in [5, 5.41) is 0. The minimum absolute atomic E-state index is 0.839. The normalized spacial score (nSPS) is 10.3. The van der Waals surface area contributed by atoms with Crippen molar-refractivity contribution in [2.75, 3.05) is 5.73 Å². The third-order valence-electron chi connectivity index (χ3n) is 2.76. The van der Waals surface area contributed by atoms with E-state index in [1.54, 1.807) is 0 Å². The number of hydrogen-bond donors (Lipinski definition) is 1. The molecule has 1 heteroatoms. The summed E-state index contributed by atoms with van der Waals surface area (Å²) in [7, 11) is 0. The lowest BCUT2D eigenvalue weighted by Gasteiger charge is -2.06. The number of para-hydroxylation sites is 1. The molecule has 0 saturated heterocycles. The van der Waals surface area contributed by atoms with Gasteiger partial charge in [0.1, 0.15) is 0 Å². The molecule has 0 aromatic heterocycles. The van der Waals surface area contributed by atoms with E-state index in [1.807, 2.05) is 18.2 Å². The van der Waals surface area contributed by atoms with Gasteiger partial charge in [-0.1, -0.05) is 55.8 Å². The first-order valence-electron chi connectivity index (χ1n) is 5.75. The van der Waals surface area contributed by atoms with Crippen LogP contribution in [-0.2, 0) is 6.42 Å². The molecule has 0 spiro atoms. The standard InChI is InChI=1S/C15H17N/c1-2-5-12-8-10-13(11-9-12)14-6-3-4-7-15(14)16/h3-4,6-11H,2,5,16H2,1H3. The van der Waals surface area contributed by atoms with Crippen LogP contribution in [0.1, 0.15) is 18.9 Å². The molecule has 2 aromatic rings. The predicted molar refractivity (Wildman–Crippen MR) is 70.3 cm³/mol. The molecule has 0 bridgehead atoms. The first kappa shape index (κ1) is 10.7. The number of benzene rings is 2. The van der Waals surface area contributed by atoms with Gasteiger partial charge in [-0.25, -0.2) is 0 Å². The Labute approximate surface area is 96.9 Å². The van der Waals surface area contributed by atoms with Crippen LogP contribution in [0.15, 0.2) is 48.5 Å². The van der Waals surface area contributed by atoms with Crippen molar-refractivity contribution in [2.45, 2.75) is 19.8 Å². The largest absolute Gasteiger partial charge is 0.398 e. The van der Waals surface area contributed by atoms with Crippen LogP contribution in [0.2, 0.25) is 0 Å².